The molecule has 1 aliphatic rings. The van der Waals surface area contributed by atoms with E-state index in [1.54, 1.807) is 6.21 Å². The second kappa shape index (κ2) is 4.48. The number of nitrogens with zero attached hydrogens (tertiary/aromatic N) is 1. The van der Waals surface area contributed by atoms with Crippen molar-refractivity contribution in [2.75, 3.05) is 0 Å². The molecule has 0 saturated heterocycles. The first-order valence-corrected chi connectivity index (χ1v) is 5.89. The first kappa shape index (κ1) is 11.3. The topological polar surface area (TPSA) is 41.8 Å². The summed E-state index contributed by atoms with van der Waals surface area (Å²) in [5.41, 5.74) is 3.70. The van der Waals surface area contributed by atoms with Crippen LogP contribution in [-0.2, 0) is 4.76 Å². The van der Waals surface area contributed by atoms with Gasteiger partial charge in [-0.25, -0.2) is 0 Å². The highest BCUT2D eigenvalue weighted by Gasteiger charge is 2.24. The summed E-state index contributed by atoms with van der Waals surface area (Å²) in [6, 6.07) is 13.4. The van der Waals surface area contributed by atoms with E-state index in [9.17, 15) is 5.02 Å². The molecule has 1 aliphatic heterocycles. The van der Waals surface area contributed by atoms with Gasteiger partial charge in [-0.3, -0.25) is 0 Å². The van der Waals surface area contributed by atoms with Crippen LogP contribution < -0.4 is 5.46 Å². The summed E-state index contributed by atoms with van der Waals surface area (Å²) in [7, 11) is -0.982. The molecule has 3 nitrogen and oxygen atoms in total. The van der Waals surface area contributed by atoms with Crippen molar-refractivity contribution >= 4 is 30.4 Å². The van der Waals surface area contributed by atoms with E-state index in [1.165, 1.54) is 0 Å². The van der Waals surface area contributed by atoms with Crippen molar-refractivity contribution in [1.82, 2.24) is 0 Å². The van der Waals surface area contributed by atoms with E-state index in [4.69, 9.17) is 16.4 Å². The van der Waals surface area contributed by atoms with Crippen molar-refractivity contribution in [2.45, 2.75) is 0 Å². The van der Waals surface area contributed by atoms with Crippen LogP contribution in [-0.4, -0.2) is 18.4 Å². The number of halogens is 1. The number of oxime groups is 1. The molecule has 2 aromatic carbocycles. The Morgan fingerprint density at radius 3 is 2.56 bits per heavy atom. The molecule has 0 radical (unpaired) electrons. The van der Waals surface area contributed by atoms with Gasteiger partial charge in [0.15, 0.2) is 0 Å². The third-order valence-corrected chi connectivity index (χ3v) is 3.13. The zero-order valence-electron chi connectivity index (χ0n) is 9.38. The Labute approximate surface area is 110 Å². The molecule has 0 amide bonds. The minimum Gasteiger partial charge on any atom is -0.427 e. The van der Waals surface area contributed by atoms with Crippen LogP contribution in [0.3, 0.4) is 0 Å². The fourth-order valence-electron chi connectivity index (χ4n) is 1.93. The molecule has 18 heavy (non-hydrogen) atoms. The number of benzene rings is 2. The average molecular weight is 257 g/mol. The smallest absolute Gasteiger partial charge is 0.427 e. The van der Waals surface area contributed by atoms with Crippen molar-refractivity contribution in [2.24, 2.45) is 5.16 Å². The summed E-state index contributed by atoms with van der Waals surface area (Å²) in [4.78, 5) is 0. The quantitative estimate of drug-likeness (QED) is 0.795. The van der Waals surface area contributed by atoms with Gasteiger partial charge in [0.1, 0.15) is 0 Å². The lowest BCUT2D eigenvalue weighted by atomic mass is 9.75. The number of hydrogen-bond acceptors (Lipinski definition) is 3. The van der Waals surface area contributed by atoms with Gasteiger partial charge in [0, 0.05) is 10.5 Å². The van der Waals surface area contributed by atoms with Crippen molar-refractivity contribution in [3.63, 3.8) is 0 Å². The molecule has 3 rings (SSSR count). The number of hydrogen-bond donors (Lipinski definition) is 1. The monoisotopic (exact) mass is 257 g/mol. The van der Waals surface area contributed by atoms with Crippen molar-refractivity contribution in [3.05, 3.63) is 53.1 Å². The third-order valence-electron chi connectivity index (χ3n) is 2.88. The normalized spacial score (nSPS) is 13.1. The lowest BCUT2D eigenvalue weighted by Gasteiger charge is -2.13. The summed E-state index contributed by atoms with van der Waals surface area (Å²) in [6.07, 6.45) is 1.60. The average Bonchev–Trinajstić information content (AvgIpc) is 2.39. The SMILES string of the molecule is OB1ON=Cc2cc(-c3ccc(Cl)cc3)ccc21. The largest absolute Gasteiger partial charge is 0.583 e. The second-order valence-electron chi connectivity index (χ2n) is 4.04. The first-order chi connectivity index (χ1) is 8.74. The van der Waals surface area contributed by atoms with E-state index in [0.29, 0.717) is 5.02 Å². The predicted molar refractivity (Wildman–Crippen MR) is 73.2 cm³/mol. The molecule has 0 bridgehead atoms. The van der Waals surface area contributed by atoms with Gasteiger partial charge in [-0.05, 0) is 34.9 Å². The molecule has 0 unspecified atom stereocenters. The van der Waals surface area contributed by atoms with E-state index in [-0.39, 0.29) is 0 Å². The Bertz CT molecular complexity index is 613. The molecule has 88 valence electrons. The minimum atomic E-state index is -0.982. The Hall–Kier alpha value is -1.78. The molecular weight excluding hydrogens is 248 g/mol. The van der Waals surface area contributed by atoms with E-state index in [2.05, 4.69) is 5.16 Å². The van der Waals surface area contributed by atoms with Gasteiger partial charge in [-0.1, -0.05) is 35.9 Å². The highest BCUT2D eigenvalue weighted by molar-refractivity contribution is 6.62. The Morgan fingerprint density at radius 1 is 1.06 bits per heavy atom. The van der Waals surface area contributed by atoms with E-state index in [1.807, 2.05) is 42.5 Å². The number of rotatable bonds is 1. The molecule has 2 aromatic rings. The van der Waals surface area contributed by atoms with Gasteiger partial charge in [-0.2, -0.15) is 0 Å². The van der Waals surface area contributed by atoms with Crippen LogP contribution in [0.2, 0.25) is 5.02 Å². The fourth-order valence-corrected chi connectivity index (χ4v) is 2.06. The lowest BCUT2D eigenvalue weighted by molar-refractivity contribution is 0.286. The molecule has 0 fully saturated rings. The highest BCUT2D eigenvalue weighted by atomic mass is 35.5. The molecule has 0 aromatic heterocycles. The molecule has 0 saturated carbocycles. The minimum absolute atomic E-state index is 0.710. The van der Waals surface area contributed by atoms with E-state index < -0.39 is 7.12 Å². The van der Waals surface area contributed by atoms with Crippen LogP contribution in [0.15, 0.2) is 47.6 Å². The molecule has 0 atom stereocenters. The summed E-state index contributed by atoms with van der Waals surface area (Å²) in [5.74, 6) is 0. The van der Waals surface area contributed by atoms with Gasteiger partial charge >= 0.3 is 7.12 Å². The van der Waals surface area contributed by atoms with Crippen LogP contribution in [0, 0.1) is 0 Å². The van der Waals surface area contributed by atoms with Crippen molar-refractivity contribution in [1.29, 1.82) is 0 Å². The van der Waals surface area contributed by atoms with Crippen LogP contribution in [0.1, 0.15) is 5.56 Å². The molecule has 0 spiro atoms. The first-order valence-electron chi connectivity index (χ1n) is 5.51. The summed E-state index contributed by atoms with van der Waals surface area (Å²) in [6.45, 7) is 0. The molecule has 1 N–H and O–H groups in total. The van der Waals surface area contributed by atoms with Gasteiger partial charge in [-0.15, -0.1) is 5.16 Å². The summed E-state index contributed by atoms with van der Waals surface area (Å²) >= 11 is 5.86. The van der Waals surface area contributed by atoms with Crippen LogP contribution >= 0.6 is 11.6 Å². The van der Waals surface area contributed by atoms with Gasteiger partial charge in [0.05, 0.1) is 6.21 Å². The summed E-state index contributed by atoms with van der Waals surface area (Å²) < 4.78 is 4.77. The molecule has 1 heterocycles. The molecule has 5 heteroatoms. The maximum absolute atomic E-state index is 9.61. The Kier molecular flexibility index (Phi) is 2.82. The van der Waals surface area contributed by atoms with E-state index in [0.717, 1.165) is 22.2 Å². The van der Waals surface area contributed by atoms with Gasteiger partial charge < -0.3 is 9.78 Å². The van der Waals surface area contributed by atoms with Crippen LogP contribution in [0.4, 0.5) is 0 Å². The fraction of sp³-hybridized carbons (Fsp3) is 0. The zero-order chi connectivity index (χ0) is 12.5. The second-order valence-corrected chi connectivity index (χ2v) is 4.48. The molecule has 0 aliphatic carbocycles. The predicted octanol–water partition coefficient (Wildman–Crippen LogP) is 2.06. The lowest BCUT2D eigenvalue weighted by Crippen LogP contribution is -2.37. The van der Waals surface area contributed by atoms with Gasteiger partial charge in [0.2, 0.25) is 0 Å². The maximum Gasteiger partial charge on any atom is 0.583 e. The van der Waals surface area contributed by atoms with Crippen LogP contribution in [0.5, 0.6) is 0 Å². The third kappa shape index (κ3) is 2.01. The zero-order valence-corrected chi connectivity index (χ0v) is 10.1. The Balaban J connectivity index is 2.05. The van der Waals surface area contributed by atoms with Crippen molar-refractivity contribution in [3.8, 4) is 11.1 Å². The van der Waals surface area contributed by atoms with E-state index >= 15 is 0 Å². The van der Waals surface area contributed by atoms with Crippen LogP contribution in [0.25, 0.3) is 11.1 Å². The Morgan fingerprint density at radius 2 is 1.78 bits per heavy atom. The standard InChI is InChI=1S/C13H9BClNO2/c15-12-4-1-9(2-5-12)10-3-6-13-11(7-10)8-16-18-14(13)17/h1-8,17H. The number of fused-ring (bicyclic) bond motifs is 1. The van der Waals surface area contributed by atoms with Crippen molar-refractivity contribution < 1.29 is 9.78 Å². The van der Waals surface area contributed by atoms with Gasteiger partial charge in [0.25, 0.3) is 0 Å². The highest BCUT2D eigenvalue weighted by Crippen LogP contribution is 2.22. The molecular formula is C13H9BClNO2. The maximum atomic E-state index is 9.61. The summed E-state index contributed by atoms with van der Waals surface area (Å²) in [5, 5.41) is 14.0.